The van der Waals surface area contributed by atoms with Crippen LogP contribution in [0.5, 0.6) is 5.75 Å². The minimum atomic E-state index is -0.389. The largest absolute Gasteiger partial charge is 0.494 e. The summed E-state index contributed by atoms with van der Waals surface area (Å²) in [6.45, 7) is 2.55. The van der Waals surface area contributed by atoms with Gasteiger partial charge in [0, 0.05) is 11.0 Å². The van der Waals surface area contributed by atoms with E-state index in [0.717, 1.165) is 42.6 Å². The van der Waals surface area contributed by atoms with E-state index in [1.54, 1.807) is 6.08 Å². The van der Waals surface area contributed by atoms with Gasteiger partial charge in [-0.1, -0.05) is 12.1 Å². The predicted molar refractivity (Wildman–Crippen MR) is 108 cm³/mol. The van der Waals surface area contributed by atoms with Crippen LogP contribution in [0.25, 0.3) is 6.08 Å². The summed E-state index contributed by atoms with van der Waals surface area (Å²) in [5.74, 6) is 0.138. The van der Waals surface area contributed by atoms with Crippen LogP contribution < -0.4 is 10.1 Å². The van der Waals surface area contributed by atoms with Crippen LogP contribution in [0.15, 0.2) is 30.3 Å². The van der Waals surface area contributed by atoms with Crippen LogP contribution in [0.3, 0.4) is 0 Å². The molecule has 1 N–H and O–H groups in total. The van der Waals surface area contributed by atoms with Gasteiger partial charge in [-0.05, 0) is 61.9 Å². The van der Waals surface area contributed by atoms with Crippen LogP contribution >= 0.6 is 11.3 Å². The number of hydrogen-bond acceptors (Lipinski definition) is 5. The fraction of sp³-hybridized carbons (Fsp3) is 0.333. The van der Waals surface area contributed by atoms with E-state index < -0.39 is 0 Å². The number of aryl methyl sites for hydroxylation is 1. The Labute approximate surface area is 163 Å². The van der Waals surface area contributed by atoms with Gasteiger partial charge in [-0.3, -0.25) is 4.79 Å². The van der Waals surface area contributed by atoms with Gasteiger partial charge >= 0.3 is 5.97 Å². The van der Waals surface area contributed by atoms with Crippen molar-refractivity contribution in [3.05, 3.63) is 51.9 Å². The summed E-state index contributed by atoms with van der Waals surface area (Å²) in [5, 5.41) is 3.43. The highest BCUT2D eigenvalue weighted by Crippen LogP contribution is 2.38. The summed E-state index contributed by atoms with van der Waals surface area (Å²) < 4.78 is 10.3. The van der Waals surface area contributed by atoms with Crippen molar-refractivity contribution in [3.63, 3.8) is 0 Å². The Morgan fingerprint density at radius 2 is 1.93 bits per heavy atom. The summed E-state index contributed by atoms with van der Waals surface area (Å²) in [7, 11) is 1.37. The molecule has 0 fully saturated rings. The third-order valence-electron chi connectivity index (χ3n) is 4.42. The second-order valence-electron chi connectivity index (χ2n) is 6.23. The molecule has 1 aromatic heterocycles. The molecule has 27 heavy (non-hydrogen) atoms. The second kappa shape index (κ2) is 8.86. The number of anilines is 1. The Morgan fingerprint density at radius 1 is 1.19 bits per heavy atom. The first-order valence-corrected chi connectivity index (χ1v) is 9.88. The number of methoxy groups -OCH3 is 1. The van der Waals surface area contributed by atoms with Crippen LogP contribution in [0.1, 0.15) is 46.1 Å². The lowest BCUT2D eigenvalue weighted by Gasteiger charge is -2.11. The molecule has 142 valence electrons. The Hall–Kier alpha value is -2.60. The van der Waals surface area contributed by atoms with E-state index in [9.17, 15) is 9.59 Å². The number of ether oxygens (including phenoxy) is 2. The Morgan fingerprint density at radius 3 is 2.63 bits per heavy atom. The summed E-state index contributed by atoms with van der Waals surface area (Å²) in [4.78, 5) is 25.8. The fourth-order valence-electron chi connectivity index (χ4n) is 3.14. The first-order valence-electron chi connectivity index (χ1n) is 9.07. The molecule has 1 aliphatic carbocycles. The monoisotopic (exact) mass is 385 g/mol. The molecule has 0 atom stereocenters. The second-order valence-corrected chi connectivity index (χ2v) is 7.34. The average Bonchev–Trinajstić information content (AvgIpc) is 3.05. The van der Waals surface area contributed by atoms with E-state index in [0.29, 0.717) is 17.2 Å². The molecule has 6 heteroatoms. The minimum Gasteiger partial charge on any atom is -0.494 e. The topological polar surface area (TPSA) is 64.6 Å². The molecule has 0 saturated heterocycles. The van der Waals surface area contributed by atoms with E-state index in [2.05, 4.69) is 5.32 Å². The fourth-order valence-corrected chi connectivity index (χ4v) is 4.42. The minimum absolute atomic E-state index is 0.271. The number of benzene rings is 1. The first-order chi connectivity index (χ1) is 13.1. The highest BCUT2D eigenvalue weighted by molar-refractivity contribution is 7.17. The van der Waals surface area contributed by atoms with Crippen molar-refractivity contribution in [3.8, 4) is 5.75 Å². The molecule has 0 unspecified atom stereocenters. The molecule has 1 aliphatic rings. The molecular formula is C21H23NO4S. The molecule has 0 saturated carbocycles. The molecule has 3 rings (SSSR count). The predicted octanol–water partition coefficient (Wildman–Crippen LogP) is 4.46. The first kappa shape index (κ1) is 19.2. The number of hydrogen-bond donors (Lipinski definition) is 1. The van der Waals surface area contributed by atoms with Gasteiger partial charge in [0.05, 0.1) is 19.3 Å². The van der Waals surface area contributed by atoms with E-state index in [-0.39, 0.29) is 11.9 Å². The molecule has 0 aliphatic heterocycles. The van der Waals surface area contributed by atoms with Gasteiger partial charge < -0.3 is 14.8 Å². The van der Waals surface area contributed by atoms with Crippen molar-refractivity contribution < 1.29 is 19.1 Å². The SMILES string of the molecule is CCOc1ccc(/C=C/C(=O)Nc2sc3c(c2C(=O)OC)CCCC3)cc1. The van der Waals surface area contributed by atoms with Crippen LogP contribution in [0.2, 0.25) is 0 Å². The van der Waals surface area contributed by atoms with Gasteiger partial charge in [-0.15, -0.1) is 11.3 Å². The number of rotatable bonds is 6. The number of amides is 1. The number of esters is 1. The normalized spacial score (nSPS) is 13.3. The van der Waals surface area contributed by atoms with Crippen LogP contribution in [0, 0.1) is 0 Å². The van der Waals surface area contributed by atoms with E-state index >= 15 is 0 Å². The van der Waals surface area contributed by atoms with Gasteiger partial charge in [0.2, 0.25) is 5.91 Å². The summed E-state index contributed by atoms with van der Waals surface area (Å²) in [6.07, 6.45) is 7.17. The van der Waals surface area contributed by atoms with Gasteiger partial charge in [-0.2, -0.15) is 0 Å². The quantitative estimate of drug-likeness (QED) is 0.589. The molecular weight excluding hydrogens is 362 g/mol. The van der Waals surface area contributed by atoms with Gasteiger partial charge in [0.1, 0.15) is 10.8 Å². The Kier molecular flexibility index (Phi) is 6.29. The number of carbonyl (C=O) groups excluding carboxylic acids is 2. The number of carbonyl (C=O) groups is 2. The van der Waals surface area contributed by atoms with E-state index in [4.69, 9.17) is 9.47 Å². The van der Waals surface area contributed by atoms with Gasteiger partial charge in [-0.25, -0.2) is 4.79 Å². The number of thiophene rings is 1. The third-order valence-corrected chi connectivity index (χ3v) is 5.62. The molecule has 0 spiro atoms. The maximum Gasteiger partial charge on any atom is 0.341 e. The van der Waals surface area contributed by atoms with Crippen LogP contribution in [-0.4, -0.2) is 25.6 Å². The molecule has 1 aromatic carbocycles. The van der Waals surface area contributed by atoms with E-state index in [1.165, 1.54) is 29.4 Å². The highest BCUT2D eigenvalue weighted by atomic mass is 32.1. The molecule has 1 amide bonds. The lowest BCUT2D eigenvalue weighted by molar-refractivity contribution is -0.111. The maximum absolute atomic E-state index is 12.4. The average molecular weight is 385 g/mol. The van der Waals surface area contributed by atoms with Crippen molar-refractivity contribution in [1.29, 1.82) is 0 Å². The summed E-state index contributed by atoms with van der Waals surface area (Å²) in [5.41, 5.74) is 2.44. The molecule has 0 radical (unpaired) electrons. The summed E-state index contributed by atoms with van der Waals surface area (Å²) in [6, 6.07) is 7.50. The zero-order valence-electron chi connectivity index (χ0n) is 15.5. The summed E-state index contributed by atoms with van der Waals surface area (Å²) >= 11 is 1.48. The van der Waals surface area contributed by atoms with Crippen molar-refractivity contribution in [2.75, 3.05) is 19.0 Å². The Balaban J connectivity index is 1.73. The third kappa shape index (κ3) is 4.57. The number of fused-ring (bicyclic) bond motifs is 1. The van der Waals surface area contributed by atoms with Crippen LogP contribution in [0.4, 0.5) is 5.00 Å². The smallest absolute Gasteiger partial charge is 0.341 e. The Bertz CT molecular complexity index is 852. The van der Waals surface area contributed by atoms with Gasteiger partial charge in [0.15, 0.2) is 0 Å². The van der Waals surface area contributed by atoms with Gasteiger partial charge in [0.25, 0.3) is 0 Å². The van der Waals surface area contributed by atoms with Crippen molar-refractivity contribution in [1.82, 2.24) is 0 Å². The molecule has 0 bridgehead atoms. The molecule has 5 nitrogen and oxygen atoms in total. The standard InChI is InChI=1S/C21H23NO4S/c1-3-26-15-11-8-14(9-12-15)10-13-18(23)22-20-19(21(24)25-2)16-6-4-5-7-17(16)27-20/h8-13H,3-7H2,1-2H3,(H,22,23)/b13-10+. The lowest BCUT2D eigenvalue weighted by atomic mass is 9.95. The number of nitrogens with one attached hydrogen (secondary N) is 1. The van der Waals surface area contributed by atoms with Crippen LogP contribution in [-0.2, 0) is 22.4 Å². The van der Waals surface area contributed by atoms with E-state index in [1.807, 2.05) is 31.2 Å². The molecule has 2 aromatic rings. The maximum atomic E-state index is 12.4. The molecule has 1 heterocycles. The van der Waals surface area contributed by atoms with Crippen molar-refractivity contribution in [2.24, 2.45) is 0 Å². The zero-order valence-corrected chi connectivity index (χ0v) is 16.4. The lowest BCUT2D eigenvalue weighted by Crippen LogP contribution is -2.13. The van der Waals surface area contributed by atoms with Crippen molar-refractivity contribution >= 4 is 34.3 Å². The zero-order chi connectivity index (χ0) is 19.2. The van der Waals surface area contributed by atoms with Crippen molar-refractivity contribution in [2.45, 2.75) is 32.6 Å². The highest BCUT2D eigenvalue weighted by Gasteiger charge is 2.26.